The van der Waals surface area contributed by atoms with Crippen LogP contribution in [0.25, 0.3) is 0 Å². The molecule has 1 saturated carbocycles. The molecule has 0 bridgehead atoms. The van der Waals surface area contributed by atoms with E-state index in [1.54, 1.807) is 6.20 Å². The second-order valence-corrected chi connectivity index (χ2v) is 4.26. The maximum atomic E-state index is 8.82. The Labute approximate surface area is 88.7 Å². The van der Waals surface area contributed by atoms with Crippen molar-refractivity contribution in [3.8, 4) is 12.1 Å². The zero-order valence-electron chi connectivity index (χ0n) is 8.64. The lowest BCUT2D eigenvalue weighted by atomic mass is 9.67. The molecular weight excluding hydrogens is 188 g/mol. The highest BCUT2D eigenvalue weighted by Crippen LogP contribution is 2.45. The van der Waals surface area contributed by atoms with E-state index in [0.29, 0.717) is 6.42 Å². The summed E-state index contributed by atoms with van der Waals surface area (Å²) in [7, 11) is 0. The normalized spacial score (nSPS) is 28.9. The highest BCUT2D eigenvalue weighted by molar-refractivity contribution is 5.12. The van der Waals surface area contributed by atoms with Crippen molar-refractivity contribution in [3.63, 3.8) is 0 Å². The molecule has 0 aromatic carbocycles. The van der Waals surface area contributed by atoms with Crippen LogP contribution in [0.2, 0.25) is 0 Å². The minimum absolute atomic E-state index is 0.0860. The molecular formula is C11H12N4. The van der Waals surface area contributed by atoms with Crippen molar-refractivity contribution < 1.29 is 0 Å². The number of aromatic nitrogens is 2. The van der Waals surface area contributed by atoms with E-state index in [-0.39, 0.29) is 11.5 Å². The molecule has 1 fully saturated rings. The number of hydrogen-bond donors (Lipinski definition) is 0. The smallest absolute Gasteiger partial charge is 0.0782 e. The van der Waals surface area contributed by atoms with Crippen LogP contribution in [0, 0.1) is 35.5 Å². The number of rotatable bonds is 2. The van der Waals surface area contributed by atoms with E-state index < -0.39 is 0 Å². The summed E-state index contributed by atoms with van der Waals surface area (Å²) in [5.74, 6) is 0.0860. The minimum Gasteiger partial charge on any atom is -0.265 e. The van der Waals surface area contributed by atoms with Crippen LogP contribution < -0.4 is 0 Å². The van der Waals surface area contributed by atoms with Crippen LogP contribution in [0.4, 0.5) is 0 Å². The second kappa shape index (κ2) is 3.40. The van der Waals surface area contributed by atoms with Crippen molar-refractivity contribution >= 4 is 0 Å². The Morgan fingerprint density at radius 3 is 2.80 bits per heavy atom. The summed E-state index contributed by atoms with van der Waals surface area (Å²) in [6.45, 7) is 1.98. The first kappa shape index (κ1) is 9.73. The number of nitriles is 2. The molecule has 0 amide bonds. The predicted molar refractivity (Wildman–Crippen MR) is 53.5 cm³/mol. The highest BCUT2D eigenvalue weighted by Gasteiger charge is 2.46. The van der Waals surface area contributed by atoms with E-state index >= 15 is 0 Å². The number of nitrogens with zero attached hydrogens (tertiary/aromatic N) is 4. The van der Waals surface area contributed by atoms with Crippen molar-refractivity contribution in [2.24, 2.45) is 5.92 Å². The number of aryl methyl sites for hydroxylation is 1. The molecule has 0 spiro atoms. The van der Waals surface area contributed by atoms with E-state index in [4.69, 9.17) is 10.5 Å². The fourth-order valence-electron chi connectivity index (χ4n) is 2.18. The molecule has 1 aliphatic rings. The summed E-state index contributed by atoms with van der Waals surface area (Å²) < 4.78 is 1.86. The molecule has 0 atom stereocenters. The molecule has 2 rings (SSSR count). The molecule has 4 heteroatoms. The number of hydrogen-bond acceptors (Lipinski definition) is 3. The third-order valence-corrected chi connectivity index (χ3v) is 3.04. The average Bonchev–Trinajstić information content (AvgIpc) is 2.58. The van der Waals surface area contributed by atoms with Gasteiger partial charge in [0, 0.05) is 6.20 Å². The Hall–Kier alpha value is -1.81. The molecule has 15 heavy (non-hydrogen) atoms. The van der Waals surface area contributed by atoms with E-state index in [2.05, 4.69) is 17.2 Å². The summed E-state index contributed by atoms with van der Waals surface area (Å²) in [5, 5.41) is 21.8. The standard InChI is InChI=1S/C11H12N4/c1-9-7-14-15(8-9)11(2-3-12)4-10(5-11)6-13/h7-8,10H,2,4-5H2,1H3. The summed E-state index contributed by atoms with van der Waals surface area (Å²) >= 11 is 0. The molecule has 1 heterocycles. The van der Waals surface area contributed by atoms with Gasteiger partial charge in [0.2, 0.25) is 0 Å². The third kappa shape index (κ3) is 1.49. The van der Waals surface area contributed by atoms with Gasteiger partial charge < -0.3 is 0 Å². The lowest BCUT2D eigenvalue weighted by molar-refractivity contribution is 0.0880. The molecule has 1 aliphatic carbocycles. The van der Waals surface area contributed by atoms with Crippen molar-refractivity contribution in [1.29, 1.82) is 10.5 Å². The summed E-state index contributed by atoms with van der Waals surface area (Å²) in [6.07, 6.45) is 5.67. The van der Waals surface area contributed by atoms with Crippen LogP contribution in [-0.2, 0) is 5.54 Å². The zero-order valence-corrected chi connectivity index (χ0v) is 8.64. The van der Waals surface area contributed by atoms with Crippen molar-refractivity contribution in [2.75, 3.05) is 0 Å². The third-order valence-electron chi connectivity index (χ3n) is 3.04. The minimum atomic E-state index is -0.219. The fraction of sp³-hybridized carbons (Fsp3) is 0.545. The molecule has 1 aromatic heterocycles. The topological polar surface area (TPSA) is 65.4 Å². The van der Waals surface area contributed by atoms with Gasteiger partial charge in [0.15, 0.2) is 0 Å². The average molecular weight is 200 g/mol. The quantitative estimate of drug-likeness (QED) is 0.730. The van der Waals surface area contributed by atoms with Gasteiger partial charge in [-0.1, -0.05) is 0 Å². The van der Waals surface area contributed by atoms with E-state index in [9.17, 15) is 0 Å². The summed E-state index contributed by atoms with van der Waals surface area (Å²) in [5.41, 5.74) is 0.872. The second-order valence-electron chi connectivity index (χ2n) is 4.26. The molecule has 0 N–H and O–H groups in total. The Balaban J connectivity index is 2.24. The Kier molecular flexibility index (Phi) is 2.21. The van der Waals surface area contributed by atoms with E-state index in [1.807, 2.05) is 17.8 Å². The Morgan fingerprint density at radius 2 is 2.33 bits per heavy atom. The van der Waals surface area contributed by atoms with Crippen LogP contribution in [0.1, 0.15) is 24.8 Å². The van der Waals surface area contributed by atoms with E-state index in [0.717, 1.165) is 18.4 Å². The summed E-state index contributed by atoms with van der Waals surface area (Å²) in [4.78, 5) is 0. The molecule has 4 nitrogen and oxygen atoms in total. The first-order valence-corrected chi connectivity index (χ1v) is 4.98. The molecule has 0 aliphatic heterocycles. The lowest BCUT2D eigenvalue weighted by Crippen LogP contribution is -2.46. The van der Waals surface area contributed by atoms with Crippen molar-refractivity contribution in [1.82, 2.24) is 9.78 Å². The van der Waals surface area contributed by atoms with Crippen LogP contribution in [0.15, 0.2) is 12.4 Å². The Morgan fingerprint density at radius 1 is 1.60 bits per heavy atom. The predicted octanol–water partition coefficient (Wildman–Crippen LogP) is 1.73. The molecule has 1 aromatic rings. The first-order chi connectivity index (χ1) is 7.20. The fourth-order valence-corrected chi connectivity index (χ4v) is 2.18. The van der Waals surface area contributed by atoms with Gasteiger partial charge in [-0.2, -0.15) is 15.6 Å². The zero-order chi connectivity index (χ0) is 10.9. The van der Waals surface area contributed by atoms with Gasteiger partial charge in [-0.3, -0.25) is 4.68 Å². The van der Waals surface area contributed by atoms with Gasteiger partial charge >= 0.3 is 0 Å². The van der Waals surface area contributed by atoms with Gasteiger partial charge in [0.05, 0.1) is 36.2 Å². The Bertz CT molecular complexity index is 440. The van der Waals surface area contributed by atoms with Crippen LogP contribution in [0.3, 0.4) is 0 Å². The molecule has 76 valence electrons. The van der Waals surface area contributed by atoms with Gasteiger partial charge in [0.25, 0.3) is 0 Å². The van der Waals surface area contributed by atoms with Crippen LogP contribution in [-0.4, -0.2) is 9.78 Å². The summed E-state index contributed by atoms with van der Waals surface area (Å²) in [6, 6.07) is 4.43. The lowest BCUT2D eigenvalue weighted by Gasteiger charge is -2.43. The van der Waals surface area contributed by atoms with Gasteiger partial charge in [-0.05, 0) is 25.3 Å². The van der Waals surface area contributed by atoms with Crippen molar-refractivity contribution in [2.45, 2.75) is 31.7 Å². The van der Waals surface area contributed by atoms with Gasteiger partial charge in [-0.15, -0.1) is 0 Å². The first-order valence-electron chi connectivity index (χ1n) is 4.98. The SMILES string of the molecule is Cc1cnn(C2(CC#N)CC(C#N)C2)c1. The molecule has 0 radical (unpaired) electrons. The maximum Gasteiger partial charge on any atom is 0.0782 e. The van der Waals surface area contributed by atoms with Crippen LogP contribution in [0.5, 0.6) is 0 Å². The van der Waals surface area contributed by atoms with Crippen molar-refractivity contribution in [3.05, 3.63) is 18.0 Å². The van der Waals surface area contributed by atoms with E-state index in [1.165, 1.54) is 0 Å². The monoisotopic (exact) mass is 200 g/mol. The van der Waals surface area contributed by atoms with Crippen LogP contribution >= 0.6 is 0 Å². The largest absolute Gasteiger partial charge is 0.265 e. The maximum absolute atomic E-state index is 8.82. The molecule has 0 saturated heterocycles. The highest BCUT2D eigenvalue weighted by atomic mass is 15.3. The molecule has 0 unspecified atom stereocenters. The van der Waals surface area contributed by atoms with Gasteiger partial charge in [-0.25, -0.2) is 0 Å². The van der Waals surface area contributed by atoms with Gasteiger partial charge in [0.1, 0.15) is 0 Å².